The first-order chi connectivity index (χ1) is 9.51. The van der Waals surface area contributed by atoms with Crippen LogP contribution in [0.3, 0.4) is 0 Å². The summed E-state index contributed by atoms with van der Waals surface area (Å²) in [6.45, 7) is 2.84. The number of halogens is 3. The number of para-hydroxylation sites is 1. The molecule has 0 aromatic heterocycles. The zero-order valence-corrected chi connectivity index (χ0v) is 11.5. The monoisotopic (exact) mass is 287 g/mol. The van der Waals surface area contributed by atoms with E-state index in [0.29, 0.717) is 5.56 Å². The minimum absolute atomic E-state index is 0.0604. The maximum Gasteiger partial charge on any atom is 0.573 e. The van der Waals surface area contributed by atoms with Crippen molar-refractivity contribution >= 4 is 0 Å². The van der Waals surface area contributed by atoms with Gasteiger partial charge in [0.1, 0.15) is 5.75 Å². The van der Waals surface area contributed by atoms with Crippen molar-refractivity contribution in [1.29, 1.82) is 0 Å². The quantitative estimate of drug-likeness (QED) is 0.895. The molecule has 20 heavy (non-hydrogen) atoms. The lowest BCUT2D eigenvalue weighted by Gasteiger charge is -2.33. The van der Waals surface area contributed by atoms with E-state index in [1.165, 1.54) is 6.07 Å². The Morgan fingerprint density at radius 1 is 1.20 bits per heavy atom. The van der Waals surface area contributed by atoms with E-state index in [0.717, 1.165) is 32.2 Å². The summed E-state index contributed by atoms with van der Waals surface area (Å²) in [4.78, 5) is 0. The van der Waals surface area contributed by atoms with E-state index in [-0.39, 0.29) is 17.7 Å². The lowest BCUT2D eigenvalue weighted by Crippen LogP contribution is -2.37. The molecule has 1 aliphatic carbocycles. The molecule has 0 bridgehead atoms. The van der Waals surface area contributed by atoms with Crippen molar-refractivity contribution in [3.05, 3.63) is 29.8 Å². The van der Waals surface area contributed by atoms with Gasteiger partial charge in [-0.2, -0.15) is 0 Å². The van der Waals surface area contributed by atoms with Gasteiger partial charge < -0.3 is 10.1 Å². The largest absolute Gasteiger partial charge is 0.573 e. The fourth-order valence-corrected chi connectivity index (χ4v) is 3.01. The van der Waals surface area contributed by atoms with Crippen LogP contribution in [0.1, 0.15) is 44.1 Å². The summed E-state index contributed by atoms with van der Waals surface area (Å²) >= 11 is 0. The fourth-order valence-electron chi connectivity index (χ4n) is 3.01. The third-order valence-corrected chi connectivity index (χ3v) is 3.78. The number of ether oxygens (including phenoxy) is 1. The molecule has 5 heteroatoms. The van der Waals surface area contributed by atoms with Crippen LogP contribution in [0, 0.1) is 0 Å². The summed E-state index contributed by atoms with van der Waals surface area (Å²) in [6.07, 6.45) is -0.573. The maximum atomic E-state index is 12.5. The van der Waals surface area contributed by atoms with Crippen LogP contribution in [0.25, 0.3) is 0 Å². The van der Waals surface area contributed by atoms with Gasteiger partial charge in [-0.3, -0.25) is 0 Å². The third kappa shape index (κ3) is 3.88. The van der Waals surface area contributed by atoms with Crippen LogP contribution in [-0.4, -0.2) is 18.9 Å². The number of likely N-dealkylation sites (N-methyl/N-ethyl adjacent to an activating group) is 1. The van der Waals surface area contributed by atoms with E-state index in [4.69, 9.17) is 0 Å². The standard InChI is InChI=1S/C15H20F3NO/c1-2-19-13-9-5-3-7-11(13)12-8-4-6-10-14(12)20-15(16,17)18/h4,6,8,10-11,13,19H,2-3,5,7,9H2,1H3. The van der Waals surface area contributed by atoms with Gasteiger partial charge >= 0.3 is 6.36 Å². The first kappa shape index (κ1) is 15.2. The smallest absolute Gasteiger partial charge is 0.405 e. The SMILES string of the molecule is CCNC1CCCCC1c1ccccc1OC(F)(F)F. The Morgan fingerprint density at radius 2 is 1.90 bits per heavy atom. The molecule has 0 amide bonds. The highest BCUT2D eigenvalue weighted by molar-refractivity contribution is 5.37. The second-order valence-electron chi connectivity index (χ2n) is 5.14. The molecular formula is C15H20F3NO. The molecule has 1 saturated carbocycles. The van der Waals surface area contributed by atoms with Crippen LogP contribution in [0.2, 0.25) is 0 Å². The highest BCUT2D eigenvalue weighted by Crippen LogP contribution is 2.39. The second-order valence-corrected chi connectivity index (χ2v) is 5.14. The van der Waals surface area contributed by atoms with Gasteiger partial charge in [0, 0.05) is 12.0 Å². The second kappa shape index (κ2) is 6.48. The van der Waals surface area contributed by atoms with Gasteiger partial charge in [-0.15, -0.1) is 13.2 Å². The number of hydrogen-bond donors (Lipinski definition) is 1. The van der Waals surface area contributed by atoms with Gasteiger partial charge in [-0.25, -0.2) is 0 Å². The lowest BCUT2D eigenvalue weighted by atomic mass is 9.79. The summed E-state index contributed by atoms with van der Waals surface area (Å²) in [5, 5.41) is 3.39. The molecule has 2 rings (SSSR count). The Bertz CT molecular complexity index is 431. The molecule has 0 aliphatic heterocycles. The van der Waals surface area contributed by atoms with Crippen LogP contribution in [0.4, 0.5) is 13.2 Å². The van der Waals surface area contributed by atoms with Crippen molar-refractivity contribution in [3.8, 4) is 5.75 Å². The molecule has 2 nitrogen and oxygen atoms in total. The number of nitrogens with one attached hydrogen (secondary N) is 1. The van der Waals surface area contributed by atoms with Gasteiger partial charge in [-0.1, -0.05) is 38.0 Å². The summed E-state index contributed by atoms with van der Waals surface area (Å²) in [6, 6.07) is 6.74. The Morgan fingerprint density at radius 3 is 2.60 bits per heavy atom. The van der Waals surface area contributed by atoms with Crippen LogP contribution in [0.15, 0.2) is 24.3 Å². The average Bonchev–Trinajstić information content (AvgIpc) is 2.39. The van der Waals surface area contributed by atoms with E-state index in [1.807, 2.05) is 6.92 Å². The molecular weight excluding hydrogens is 267 g/mol. The Kier molecular flexibility index (Phi) is 4.91. The minimum Gasteiger partial charge on any atom is -0.405 e. The van der Waals surface area contributed by atoms with Crippen molar-refractivity contribution in [3.63, 3.8) is 0 Å². The molecule has 1 aliphatic rings. The molecule has 112 valence electrons. The average molecular weight is 287 g/mol. The highest BCUT2D eigenvalue weighted by atomic mass is 19.4. The number of hydrogen-bond acceptors (Lipinski definition) is 2. The highest BCUT2D eigenvalue weighted by Gasteiger charge is 2.34. The van der Waals surface area contributed by atoms with Gasteiger partial charge in [-0.05, 0) is 31.0 Å². The minimum atomic E-state index is -4.64. The Labute approximate surface area is 117 Å². The van der Waals surface area contributed by atoms with E-state index in [2.05, 4.69) is 10.1 Å². The van der Waals surface area contributed by atoms with Crippen molar-refractivity contribution in [1.82, 2.24) is 5.32 Å². The van der Waals surface area contributed by atoms with Crippen molar-refractivity contribution in [2.75, 3.05) is 6.54 Å². The lowest BCUT2D eigenvalue weighted by molar-refractivity contribution is -0.275. The summed E-state index contributed by atoms with van der Waals surface area (Å²) in [5.74, 6) is 0.0250. The topological polar surface area (TPSA) is 21.3 Å². The summed E-state index contributed by atoms with van der Waals surface area (Å²) < 4.78 is 41.7. The van der Waals surface area contributed by atoms with Crippen molar-refractivity contribution in [2.45, 2.75) is 50.9 Å². The predicted molar refractivity (Wildman–Crippen MR) is 71.8 cm³/mol. The Hall–Kier alpha value is -1.23. The third-order valence-electron chi connectivity index (χ3n) is 3.78. The first-order valence-corrected chi connectivity index (χ1v) is 7.09. The molecule has 0 saturated heterocycles. The van der Waals surface area contributed by atoms with E-state index >= 15 is 0 Å². The molecule has 1 N–H and O–H groups in total. The zero-order chi connectivity index (χ0) is 14.6. The number of rotatable bonds is 4. The van der Waals surface area contributed by atoms with Crippen LogP contribution < -0.4 is 10.1 Å². The summed E-state index contributed by atoms with van der Waals surface area (Å²) in [7, 11) is 0. The number of alkyl halides is 3. The summed E-state index contributed by atoms with van der Waals surface area (Å²) in [5.41, 5.74) is 0.662. The van der Waals surface area contributed by atoms with Gasteiger partial charge in [0.05, 0.1) is 0 Å². The van der Waals surface area contributed by atoms with Crippen molar-refractivity contribution < 1.29 is 17.9 Å². The van der Waals surface area contributed by atoms with E-state index in [1.54, 1.807) is 18.2 Å². The molecule has 0 spiro atoms. The van der Waals surface area contributed by atoms with Gasteiger partial charge in [0.2, 0.25) is 0 Å². The van der Waals surface area contributed by atoms with Gasteiger partial charge in [0.15, 0.2) is 0 Å². The van der Waals surface area contributed by atoms with Crippen molar-refractivity contribution in [2.24, 2.45) is 0 Å². The first-order valence-electron chi connectivity index (χ1n) is 7.09. The molecule has 0 heterocycles. The fraction of sp³-hybridized carbons (Fsp3) is 0.600. The molecule has 1 aromatic rings. The molecule has 0 radical (unpaired) electrons. The van der Waals surface area contributed by atoms with Crippen LogP contribution >= 0.6 is 0 Å². The Balaban J connectivity index is 2.25. The predicted octanol–water partition coefficient (Wildman–Crippen LogP) is 4.22. The molecule has 1 aromatic carbocycles. The van der Waals surface area contributed by atoms with Gasteiger partial charge in [0.25, 0.3) is 0 Å². The van der Waals surface area contributed by atoms with Crippen LogP contribution in [0.5, 0.6) is 5.75 Å². The van der Waals surface area contributed by atoms with E-state index < -0.39 is 6.36 Å². The van der Waals surface area contributed by atoms with Crippen LogP contribution in [-0.2, 0) is 0 Å². The van der Waals surface area contributed by atoms with E-state index in [9.17, 15) is 13.2 Å². The number of benzene rings is 1. The maximum absolute atomic E-state index is 12.5. The normalized spacial score (nSPS) is 23.6. The molecule has 1 fully saturated rings. The molecule has 2 atom stereocenters. The molecule has 2 unspecified atom stereocenters. The zero-order valence-electron chi connectivity index (χ0n) is 11.5.